The largest absolute Gasteiger partial charge is 0.502 e. The van der Waals surface area contributed by atoms with Crippen molar-refractivity contribution in [2.75, 3.05) is 36.5 Å². The van der Waals surface area contributed by atoms with E-state index in [1.165, 1.54) is 24.5 Å². The number of nitro benzene ring substituents is 1. The van der Waals surface area contributed by atoms with Crippen LogP contribution in [0.2, 0.25) is 0 Å². The Hall–Kier alpha value is -4.47. The average Bonchev–Trinajstić information content (AvgIpc) is 3.34. The zero-order valence-electron chi connectivity index (χ0n) is 20.0. The van der Waals surface area contributed by atoms with Gasteiger partial charge in [-0.3, -0.25) is 20.1 Å². The molecular weight excluding hydrogens is 516 g/mol. The number of fused-ring (bicyclic) bond motifs is 1. The third-order valence-corrected chi connectivity index (χ3v) is 7.01. The first-order chi connectivity index (χ1) is 18.3. The number of carbonyl (C=O) groups is 1. The van der Waals surface area contributed by atoms with Crippen molar-refractivity contribution >= 4 is 45.0 Å². The highest BCUT2D eigenvalue weighted by Crippen LogP contribution is 2.33. The number of ether oxygens (including phenoxy) is 1. The Labute approximate surface area is 219 Å². The number of hydrogen-bond acceptors (Lipinski definition) is 13. The number of benzene rings is 1. The Bertz CT molecular complexity index is 1500. The van der Waals surface area contributed by atoms with E-state index in [0.29, 0.717) is 43.7 Å². The molecule has 0 spiro atoms. The SMILES string of the molecule is CN(Cc1cc2nc(N3CCOC(c4ccc([N+](=O)[O-])c(O)c4)C3)ncc2s1)c1ncc(C(=O)NO)cn1. The minimum atomic E-state index is -0.685. The van der Waals surface area contributed by atoms with Crippen LogP contribution < -0.4 is 15.3 Å². The van der Waals surface area contributed by atoms with Gasteiger partial charge in [0.05, 0.1) is 46.6 Å². The molecule has 3 N–H and O–H groups in total. The highest BCUT2D eigenvalue weighted by molar-refractivity contribution is 7.19. The van der Waals surface area contributed by atoms with Crippen molar-refractivity contribution in [1.29, 1.82) is 0 Å². The lowest BCUT2D eigenvalue weighted by Gasteiger charge is -2.33. The van der Waals surface area contributed by atoms with Gasteiger partial charge in [-0.05, 0) is 23.8 Å². The number of aromatic nitrogens is 4. The summed E-state index contributed by atoms with van der Waals surface area (Å²) in [5.74, 6) is -0.134. The molecule has 0 bridgehead atoms. The minimum absolute atomic E-state index is 0.144. The number of nitrogens with zero attached hydrogens (tertiary/aromatic N) is 7. The van der Waals surface area contributed by atoms with Gasteiger partial charge >= 0.3 is 5.69 Å². The molecule has 0 saturated carbocycles. The predicted octanol–water partition coefficient (Wildman–Crippen LogP) is 2.43. The summed E-state index contributed by atoms with van der Waals surface area (Å²) >= 11 is 1.54. The maximum absolute atomic E-state index is 11.5. The topological polar surface area (TPSA) is 180 Å². The Kier molecular flexibility index (Phi) is 6.95. The van der Waals surface area contributed by atoms with E-state index in [-0.39, 0.29) is 11.3 Å². The van der Waals surface area contributed by atoms with Crippen LogP contribution in [0.4, 0.5) is 17.6 Å². The van der Waals surface area contributed by atoms with Crippen LogP contribution in [0, 0.1) is 10.1 Å². The number of nitrogens with one attached hydrogen (secondary N) is 1. The number of aromatic hydroxyl groups is 1. The van der Waals surface area contributed by atoms with Crippen molar-refractivity contribution in [3.8, 4) is 5.75 Å². The number of hydroxylamine groups is 1. The predicted molar refractivity (Wildman–Crippen MR) is 136 cm³/mol. The maximum Gasteiger partial charge on any atom is 0.310 e. The van der Waals surface area contributed by atoms with E-state index >= 15 is 0 Å². The van der Waals surface area contributed by atoms with Gasteiger partial charge in [0, 0.05) is 36.9 Å². The van der Waals surface area contributed by atoms with Gasteiger partial charge in [-0.25, -0.2) is 25.4 Å². The normalized spacial score (nSPS) is 15.4. The van der Waals surface area contributed by atoms with Crippen LogP contribution in [-0.4, -0.2) is 67.8 Å². The third-order valence-electron chi connectivity index (χ3n) is 5.96. The fourth-order valence-corrected chi connectivity index (χ4v) is 5.07. The summed E-state index contributed by atoms with van der Waals surface area (Å²) in [6.07, 6.45) is 4.03. The number of amides is 1. The summed E-state index contributed by atoms with van der Waals surface area (Å²) in [6, 6.07) is 6.18. The summed E-state index contributed by atoms with van der Waals surface area (Å²) < 4.78 is 6.76. The van der Waals surface area contributed by atoms with Crippen LogP contribution in [0.1, 0.15) is 26.9 Å². The summed E-state index contributed by atoms with van der Waals surface area (Å²) in [4.78, 5) is 44.3. The highest BCUT2D eigenvalue weighted by atomic mass is 32.1. The molecule has 1 aliphatic heterocycles. The molecule has 1 saturated heterocycles. The van der Waals surface area contributed by atoms with Crippen LogP contribution in [0.25, 0.3) is 10.2 Å². The van der Waals surface area contributed by atoms with E-state index in [9.17, 15) is 20.0 Å². The molecule has 1 amide bonds. The number of rotatable bonds is 7. The minimum Gasteiger partial charge on any atom is -0.502 e. The van der Waals surface area contributed by atoms with Crippen molar-refractivity contribution in [2.45, 2.75) is 12.6 Å². The van der Waals surface area contributed by atoms with Crippen molar-refractivity contribution in [3.63, 3.8) is 0 Å². The van der Waals surface area contributed by atoms with E-state index in [1.807, 2.05) is 22.9 Å². The molecular formula is C23H22N8O6S. The molecule has 1 fully saturated rings. The molecule has 1 aliphatic rings. The maximum atomic E-state index is 11.5. The van der Waals surface area contributed by atoms with Gasteiger partial charge in [0.25, 0.3) is 5.91 Å². The lowest BCUT2D eigenvalue weighted by atomic mass is 10.1. The Morgan fingerprint density at radius 2 is 2.08 bits per heavy atom. The van der Waals surface area contributed by atoms with Crippen LogP contribution in [0.5, 0.6) is 5.75 Å². The number of hydrogen-bond donors (Lipinski definition) is 3. The van der Waals surface area contributed by atoms with E-state index in [1.54, 1.807) is 29.1 Å². The third kappa shape index (κ3) is 5.15. The van der Waals surface area contributed by atoms with Crippen LogP contribution in [-0.2, 0) is 11.3 Å². The molecule has 1 unspecified atom stereocenters. The second kappa shape index (κ2) is 10.5. The Morgan fingerprint density at radius 1 is 1.29 bits per heavy atom. The van der Waals surface area contributed by atoms with Gasteiger partial charge in [-0.15, -0.1) is 11.3 Å². The van der Waals surface area contributed by atoms with Crippen LogP contribution in [0.3, 0.4) is 0 Å². The Balaban J connectivity index is 1.29. The van der Waals surface area contributed by atoms with E-state index < -0.39 is 22.7 Å². The lowest BCUT2D eigenvalue weighted by Crippen LogP contribution is -2.39. The summed E-state index contributed by atoms with van der Waals surface area (Å²) in [5, 5.41) is 29.7. The molecule has 0 aliphatic carbocycles. The fourth-order valence-electron chi connectivity index (χ4n) is 4.04. The average molecular weight is 539 g/mol. The monoisotopic (exact) mass is 538 g/mol. The molecule has 1 aromatic carbocycles. The van der Waals surface area contributed by atoms with E-state index in [0.717, 1.165) is 15.1 Å². The number of thiophene rings is 1. The number of morpholine rings is 1. The standard InChI is InChI=1S/C23H22N8O6S/c1-29(22-24-8-14(9-25-22)21(33)28-34)11-15-7-16-20(38-15)10-26-23(27-16)30-4-5-37-19(12-30)13-2-3-17(31(35)36)18(32)6-13/h2-3,6-10,19,32,34H,4-5,11-12H2,1H3,(H,28,33). The molecule has 38 heavy (non-hydrogen) atoms. The molecule has 5 rings (SSSR count). The van der Waals surface area contributed by atoms with Crippen molar-refractivity contribution in [1.82, 2.24) is 25.4 Å². The van der Waals surface area contributed by atoms with Crippen LogP contribution in [0.15, 0.2) is 42.9 Å². The van der Waals surface area contributed by atoms with Crippen molar-refractivity contribution in [3.05, 3.63) is 69.0 Å². The summed E-state index contributed by atoms with van der Waals surface area (Å²) in [5.41, 5.74) is 2.75. The van der Waals surface area contributed by atoms with Crippen LogP contribution >= 0.6 is 11.3 Å². The van der Waals surface area contributed by atoms with Gasteiger partial charge in [-0.1, -0.05) is 0 Å². The molecule has 1 atom stereocenters. The molecule has 196 valence electrons. The number of nitro groups is 1. The van der Waals surface area contributed by atoms with Gasteiger partial charge in [0.2, 0.25) is 11.9 Å². The highest BCUT2D eigenvalue weighted by Gasteiger charge is 2.26. The summed E-state index contributed by atoms with van der Waals surface area (Å²) in [6.45, 7) is 1.90. The van der Waals surface area contributed by atoms with Gasteiger partial charge in [-0.2, -0.15) is 0 Å². The number of carbonyl (C=O) groups excluding carboxylic acids is 1. The molecule has 4 aromatic rings. The first kappa shape index (κ1) is 25.2. The first-order valence-corrected chi connectivity index (χ1v) is 12.2. The van der Waals surface area contributed by atoms with Crippen molar-refractivity contribution < 1.29 is 24.8 Å². The lowest BCUT2D eigenvalue weighted by molar-refractivity contribution is -0.385. The number of phenols is 1. The molecule has 0 radical (unpaired) electrons. The zero-order valence-corrected chi connectivity index (χ0v) is 20.8. The number of phenolic OH excluding ortho intramolecular Hbond substituents is 1. The smallest absolute Gasteiger partial charge is 0.310 e. The molecule has 14 nitrogen and oxygen atoms in total. The quantitative estimate of drug-likeness (QED) is 0.178. The Morgan fingerprint density at radius 3 is 2.79 bits per heavy atom. The summed E-state index contributed by atoms with van der Waals surface area (Å²) in [7, 11) is 1.83. The van der Waals surface area contributed by atoms with E-state index in [4.69, 9.17) is 14.9 Å². The van der Waals surface area contributed by atoms with Gasteiger partial charge in [0.15, 0.2) is 5.75 Å². The van der Waals surface area contributed by atoms with E-state index in [2.05, 4.69) is 15.0 Å². The fraction of sp³-hybridized carbons (Fsp3) is 0.261. The zero-order chi connectivity index (χ0) is 26.8. The number of anilines is 2. The molecule has 4 heterocycles. The van der Waals surface area contributed by atoms with Crippen molar-refractivity contribution in [2.24, 2.45) is 0 Å². The van der Waals surface area contributed by atoms with Gasteiger partial charge < -0.3 is 19.6 Å². The second-order valence-electron chi connectivity index (χ2n) is 8.51. The molecule has 15 heteroatoms. The molecule has 3 aromatic heterocycles. The second-order valence-corrected chi connectivity index (χ2v) is 9.68. The first-order valence-electron chi connectivity index (χ1n) is 11.4. The van der Waals surface area contributed by atoms with Gasteiger partial charge in [0.1, 0.15) is 6.10 Å².